The van der Waals surface area contributed by atoms with Crippen molar-refractivity contribution in [2.45, 2.75) is 44.3 Å². The van der Waals surface area contributed by atoms with Crippen LogP contribution in [0.25, 0.3) is 0 Å². The van der Waals surface area contributed by atoms with E-state index in [0.29, 0.717) is 17.1 Å². The molecule has 0 spiro atoms. The van der Waals surface area contributed by atoms with Crippen LogP contribution in [0.2, 0.25) is 0 Å². The van der Waals surface area contributed by atoms with Gasteiger partial charge in [0.25, 0.3) is 5.91 Å². The maximum atomic E-state index is 13.0. The first kappa shape index (κ1) is 15.7. The number of hydrogen-bond donors (Lipinski definition) is 2. The summed E-state index contributed by atoms with van der Waals surface area (Å²) in [7, 11) is 0. The Balaban J connectivity index is 1.60. The second-order valence-corrected chi connectivity index (χ2v) is 6.76. The Bertz CT molecular complexity index is 776. The van der Waals surface area contributed by atoms with Gasteiger partial charge in [-0.1, -0.05) is 6.07 Å². The van der Waals surface area contributed by atoms with E-state index in [2.05, 4.69) is 10.6 Å². The number of rotatable bonds is 4. The highest BCUT2D eigenvalue weighted by Gasteiger charge is 2.52. The zero-order chi connectivity index (χ0) is 17.8. The molecule has 0 aromatic heterocycles. The topological polar surface area (TPSA) is 97.0 Å². The van der Waals surface area contributed by atoms with Crippen LogP contribution in [0, 0.1) is 0 Å². The summed E-state index contributed by atoms with van der Waals surface area (Å²) in [5.41, 5.74) is -0.681. The van der Waals surface area contributed by atoms with Crippen molar-refractivity contribution in [2.24, 2.45) is 0 Å². The van der Waals surface area contributed by atoms with Gasteiger partial charge in [-0.25, -0.2) is 9.69 Å². The predicted molar refractivity (Wildman–Crippen MR) is 85.9 cm³/mol. The van der Waals surface area contributed by atoms with Gasteiger partial charge in [-0.05, 0) is 44.4 Å². The number of carbonyl (C=O) groups excluding carboxylic acids is 3. The first-order valence-electron chi connectivity index (χ1n) is 8.26. The summed E-state index contributed by atoms with van der Waals surface area (Å²) in [5.74, 6) is 0.340. The summed E-state index contributed by atoms with van der Waals surface area (Å²) in [4.78, 5) is 38.6. The van der Waals surface area contributed by atoms with Gasteiger partial charge in [0.05, 0.1) is 0 Å². The van der Waals surface area contributed by atoms with Crippen LogP contribution in [-0.4, -0.2) is 41.6 Å². The molecule has 1 saturated heterocycles. The summed E-state index contributed by atoms with van der Waals surface area (Å²) in [6.07, 6.45) is 1.88. The molecule has 1 aromatic carbocycles. The number of nitrogens with zero attached hydrogens (tertiary/aromatic N) is 1. The number of fused-ring (bicyclic) bond motifs is 1. The summed E-state index contributed by atoms with van der Waals surface area (Å²) in [5, 5.41) is 5.53. The number of imide groups is 1. The van der Waals surface area contributed by atoms with Crippen LogP contribution in [0.1, 0.15) is 32.3 Å². The normalized spacial score (nSPS) is 25.8. The minimum Gasteiger partial charge on any atom is -0.454 e. The van der Waals surface area contributed by atoms with Gasteiger partial charge in [-0.2, -0.15) is 0 Å². The molecule has 0 bridgehead atoms. The largest absolute Gasteiger partial charge is 0.454 e. The number of urea groups is 1. The fourth-order valence-corrected chi connectivity index (χ4v) is 3.08. The highest BCUT2D eigenvalue weighted by atomic mass is 16.7. The summed E-state index contributed by atoms with van der Waals surface area (Å²) < 4.78 is 10.6. The Morgan fingerprint density at radius 1 is 1.32 bits per heavy atom. The van der Waals surface area contributed by atoms with Crippen LogP contribution in [0.4, 0.5) is 4.79 Å². The van der Waals surface area contributed by atoms with Crippen molar-refractivity contribution in [1.82, 2.24) is 15.5 Å². The van der Waals surface area contributed by atoms with Gasteiger partial charge in [-0.15, -0.1) is 0 Å². The molecule has 132 valence electrons. The lowest BCUT2D eigenvalue weighted by Crippen LogP contribution is -2.49. The van der Waals surface area contributed by atoms with Crippen LogP contribution in [0.3, 0.4) is 0 Å². The predicted octanol–water partition coefficient (Wildman–Crippen LogP) is 0.849. The number of ether oxygens (including phenoxy) is 2. The molecule has 2 fully saturated rings. The molecule has 2 N–H and O–H groups in total. The van der Waals surface area contributed by atoms with Gasteiger partial charge in [0.15, 0.2) is 11.5 Å². The molecule has 2 aliphatic heterocycles. The average Bonchev–Trinajstić information content (AvgIpc) is 3.20. The second kappa shape index (κ2) is 5.37. The van der Waals surface area contributed by atoms with Gasteiger partial charge < -0.3 is 20.1 Å². The minimum atomic E-state index is -1.26. The van der Waals surface area contributed by atoms with Gasteiger partial charge in [-0.3, -0.25) is 9.59 Å². The van der Waals surface area contributed by atoms with Crippen molar-refractivity contribution >= 4 is 17.8 Å². The summed E-state index contributed by atoms with van der Waals surface area (Å²) in [6, 6.07) is 3.81. The number of nitrogens with one attached hydrogen (secondary N) is 2. The van der Waals surface area contributed by atoms with Crippen LogP contribution >= 0.6 is 0 Å². The van der Waals surface area contributed by atoms with E-state index in [9.17, 15) is 14.4 Å². The molecule has 1 aliphatic carbocycles. The molecule has 3 aliphatic rings. The number of carbonyl (C=O) groups is 3. The molecule has 8 heteroatoms. The quantitative estimate of drug-likeness (QED) is 0.789. The Morgan fingerprint density at radius 2 is 2.04 bits per heavy atom. The minimum absolute atomic E-state index is 0.125. The Kier molecular flexibility index (Phi) is 3.38. The third-order valence-electron chi connectivity index (χ3n) is 4.86. The van der Waals surface area contributed by atoms with Crippen LogP contribution in [-0.2, 0) is 15.1 Å². The van der Waals surface area contributed by atoms with Crippen molar-refractivity contribution in [1.29, 1.82) is 0 Å². The van der Waals surface area contributed by atoms with E-state index in [1.54, 1.807) is 32.0 Å². The van der Waals surface area contributed by atoms with Crippen molar-refractivity contribution < 1.29 is 23.9 Å². The number of amides is 4. The van der Waals surface area contributed by atoms with E-state index in [-0.39, 0.29) is 18.7 Å². The second-order valence-electron chi connectivity index (χ2n) is 6.76. The van der Waals surface area contributed by atoms with E-state index >= 15 is 0 Å². The third kappa shape index (κ3) is 2.48. The zero-order valence-corrected chi connectivity index (χ0v) is 14.0. The highest BCUT2D eigenvalue weighted by molar-refractivity contribution is 6.10. The third-order valence-corrected chi connectivity index (χ3v) is 4.86. The monoisotopic (exact) mass is 345 g/mol. The first-order chi connectivity index (χ1) is 11.9. The smallest absolute Gasteiger partial charge is 0.326 e. The SMILES string of the molecule is C[C@@H](C(=O)NC1CC1)N1C(=O)N[C@](C)(c2ccc3c(c2)OCO3)C1=O. The molecule has 8 nitrogen and oxygen atoms in total. The maximum Gasteiger partial charge on any atom is 0.326 e. The first-order valence-corrected chi connectivity index (χ1v) is 8.26. The zero-order valence-electron chi connectivity index (χ0n) is 14.0. The van der Waals surface area contributed by atoms with Crippen LogP contribution < -0.4 is 20.1 Å². The van der Waals surface area contributed by atoms with Crippen molar-refractivity contribution in [2.75, 3.05) is 6.79 Å². The lowest BCUT2D eigenvalue weighted by molar-refractivity contribution is -0.137. The maximum absolute atomic E-state index is 13.0. The molecule has 2 heterocycles. The number of benzene rings is 1. The van der Waals surface area contributed by atoms with Crippen molar-refractivity contribution in [3.63, 3.8) is 0 Å². The molecular weight excluding hydrogens is 326 g/mol. The Hall–Kier alpha value is -2.77. The van der Waals surface area contributed by atoms with E-state index in [1.807, 2.05) is 0 Å². The highest BCUT2D eigenvalue weighted by Crippen LogP contribution is 2.38. The molecule has 1 saturated carbocycles. The van der Waals surface area contributed by atoms with Crippen molar-refractivity contribution in [3.8, 4) is 11.5 Å². The Morgan fingerprint density at radius 3 is 2.76 bits per heavy atom. The summed E-state index contributed by atoms with van der Waals surface area (Å²) in [6.45, 7) is 3.30. The summed E-state index contributed by atoms with van der Waals surface area (Å²) >= 11 is 0. The molecule has 2 atom stereocenters. The molecule has 4 amide bonds. The van der Waals surface area contributed by atoms with E-state index in [1.165, 1.54) is 0 Å². The van der Waals surface area contributed by atoms with Crippen molar-refractivity contribution in [3.05, 3.63) is 23.8 Å². The lowest BCUT2D eigenvalue weighted by atomic mass is 9.91. The van der Waals surface area contributed by atoms with Gasteiger partial charge in [0, 0.05) is 6.04 Å². The molecule has 4 rings (SSSR count). The fourth-order valence-electron chi connectivity index (χ4n) is 3.08. The van der Waals surface area contributed by atoms with E-state index < -0.39 is 23.5 Å². The Labute approximate surface area is 144 Å². The lowest BCUT2D eigenvalue weighted by Gasteiger charge is -2.24. The van der Waals surface area contributed by atoms with Gasteiger partial charge in [0.2, 0.25) is 12.7 Å². The van der Waals surface area contributed by atoms with E-state index in [0.717, 1.165) is 17.7 Å². The van der Waals surface area contributed by atoms with Crippen LogP contribution in [0.5, 0.6) is 11.5 Å². The number of hydrogen-bond acceptors (Lipinski definition) is 5. The molecular formula is C17H19N3O5. The van der Waals surface area contributed by atoms with Gasteiger partial charge in [0.1, 0.15) is 11.6 Å². The molecule has 0 unspecified atom stereocenters. The van der Waals surface area contributed by atoms with Crippen LogP contribution in [0.15, 0.2) is 18.2 Å². The molecule has 25 heavy (non-hydrogen) atoms. The fraction of sp³-hybridized carbons (Fsp3) is 0.471. The molecule has 1 aromatic rings. The van der Waals surface area contributed by atoms with E-state index in [4.69, 9.17) is 9.47 Å². The van der Waals surface area contributed by atoms with Gasteiger partial charge >= 0.3 is 6.03 Å². The molecule has 0 radical (unpaired) electrons. The average molecular weight is 345 g/mol. The standard InChI is InChI=1S/C17H19N3O5/c1-9(14(21)18-11-4-5-11)20-15(22)17(2,19-16(20)23)10-3-6-12-13(7-10)25-8-24-12/h3,6-7,9,11H,4-5,8H2,1-2H3,(H,18,21)(H,19,23)/t9-,17+/m0/s1.